The highest BCUT2D eigenvalue weighted by Crippen LogP contribution is 2.23. The van der Waals surface area contributed by atoms with Crippen molar-refractivity contribution in [1.82, 2.24) is 4.98 Å². The molecule has 2 aromatic rings. The van der Waals surface area contributed by atoms with Crippen LogP contribution in [-0.4, -0.2) is 18.0 Å². The fraction of sp³-hybridized carbons (Fsp3) is 0.0769. The summed E-state index contributed by atoms with van der Waals surface area (Å²) in [6, 6.07) is 7.20. The second-order valence-electron chi connectivity index (χ2n) is 3.64. The average Bonchev–Trinajstić information content (AvgIpc) is 2.39. The van der Waals surface area contributed by atoms with Gasteiger partial charge in [0.25, 0.3) is 5.91 Å². The minimum atomic E-state index is -0.414. The number of anilines is 1. The summed E-state index contributed by atoms with van der Waals surface area (Å²) >= 11 is 3.15. The van der Waals surface area contributed by atoms with Gasteiger partial charge in [-0.05, 0) is 46.3 Å². The molecule has 0 aliphatic carbocycles. The Kier molecular flexibility index (Phi) is 4.11. The third kappa shape index (κ3) is 3.08. The summed E-state index contributed by atoms with van der Waals surface area (Å²) in [5.74, 6) is -0.477. The fourth-order valence-corrected chi connectivity index (χ4v) is 2.04. The van der Waals surface area contributed by atoms with Crippen LogP contribution >= 0.6 is 15.9 Å². The molecule has 1 heterocycles. The van der Waals surface area contributed by atoms with E-state index in [9.17, 15) is 9.18 Å². The molecule has 0 fully saturated rings. The van der Waals surface area contributed by atoms with Gasteiger partial charge in [-0.15, -0.1) is 0 Å². The van der Waals surface area contributed by atoms with Gasteiger partial charge in [0.2, 0.25) is 5.88 Å². The van der Waals surface area contributed by atoms with Crippen molar-refractivity contribution < 1.29 is 13.9 Å². The van der Waals surface area contributed by atoms with Crippen LogP contribution in [0.3, 0.4) is 0 Å². The molecule has 98 valence electrons. The van der Waals surface area contributed by atoms with E-state index >= 15 is 0 Å². The van der Waals surface area contributed by atoms with Crippen LogP contribution in [0.4, 0.5) is 10.1 Å². The summed E-state index contributed by atoms with van der Waals surface area (Å²) in [6.07, 6.45) is 1.56. The Morgan fingerprint density at radius 3 is 2.89 bits per heavy atom. The lowest BCUT2D eigenvalue weighted by atomic mass is 10.2. The number of halogens is 2. The summed E-state index contributed by atoms with van der Waals surface area (Å²) in [6.45, 7) is 0. The molecule has 0 atom stereocenters. The van der Waals surface area contributed by atoms with Crippen molar-refractivity contribution in [2.24, 2.45) is 0 Å². The average molecular weight is 325 g/mol. The van der Waals surface area contributed by atoms with Crippen molar-refractivity contribution in [1.29, 1.82) is 0 Å². The Balaban J connectivity index is 2.26. The number of methoxy groups -OCH3 is 1. The molecule has 0 radical (unpaired) electrons. The number of amides is 1. The zero-order chi connectivity index (χ0) is 13.8. The number of aromatic nitrogens is 1. The van der Waals surface area contributed by atoms with Gasteiger partial charge in [-0.25, -0.2) is 9.37 Å². The van der Waals surface area contributed by atoms with Crippen LogP contribution in [0, 0.1) is 5.82 Å². The second-order valence-corrected chi connectivity index (χ2v) is 4.49. The van der Waals surface area contributed by atoms with Gasteiger partial charge >= 0.3 is 0 Å². The van der Waals surface area contributed by atoms with Gasteiger partial charge in [-0.1, -0.05) is 0 Å². The lowest BCUT2D eigenvalue weighted by Gasteiger charge is -2.09. The number of nitrogens with zero attached hydrogens (tertiary/aromatic N) is 1. The maximum absolute atomic E-state index is 13.0. The van der Waals surface area contributed by atoms with Crippen LogP contribution in [0.25, 0.3) is 0 Å². The molecule has 1 aromatic carbocycles. The number of carbonyl (C=O) groups is 1. The minimum absolute atomic E-state index is 0.314. The maximum atomic E-state index is 13.0. The van der Waals surface area contributed by atoms with Crippen molar-refractivity contribution in [3.63, 3.8) is 0 Å². The number of benzene rings is 1. The second kappa shape index (κ2) is 5.79. The SMILES string of the molecule is COc1ncccc1NC(=O)c1ccc(F)cc1Br. The molecule has 1 N–H and O–H groups in total. The zero-order valence-corrected chi connectivity index (χ0v) is 11.6. The predicted octanol–water partition coefficient (Wildman–Crippen LogP) is 3.24. The third-order valence-corrected chi connectivity index (χ3v) is 3.04. The molecule has 0 unspecified atom stereocenters. The smallest absolute Gasteiger partial charge is 0.256 e. The number of hydrogen-bond donors (Lipinski definition) is 1. The molecule has 1 amide bonds. The van der Waals surface area contributed by atoms with Crippen molar-refractivity contribution in [2.45, 2.75) is 0 Å². The van der Waals surface area contributed by atoms with E-state index in [4.69, 9.17) is 4.74 Å². The predicted molar refractivity (Wildman–Crippen MR) is 72.8 cm³/mol. The summed E-state index contributed by atoms with van der Waals surface area (Å²) in [5, 5.41) is 2.66. The molecule has 0 spiro atoms. The lowest BCUT2D eigenvalue weighted by Crippen LogP contribution is -2.13. The van der Waals surface area contributed by atoms with Crippen LogP contribution in [0.1, 0.15) is 10.4 Å². The van der Waals surface area contributed by atoms with Crippen LogP contribution in [-0.2, 0) is 0 Å². The fourth-order valence-electron chi connectivity index (χ4n) is 1.51. The van der Waals surface area contributed by atoms with Crippen molar-refractivity contribution in [3.05, 3.63) is 52.4 Å². The zero-order valence-electron chi connectivity index (χ0n) is 9.98. The van der Waals surface area contributed by atoms with Crippen LogP contribution < -0.4 is 10.1 Å². The highest BCUT2D eigenvalue weighted by molar-refractivity contribution is 9.10. The van der Waals surface area contributed by atoms with Crippen molar-refractivity contribution >= 4 is 27.5 Å². The molecule has 19 heavy (non-hydrogen) atoms. The van der Waals surface area contributed by atoms with E-state index < -0.39 is 5.82 Å². The Morgan fingerprint density at radius 2 is 2.21 bits per heavy atom. The highest BCUT2D eigenvalue weighted by Gasteiger charge is 2.13. The molecule has 4 nitrogen and oxygen atoms in total. The van der Waals surface area contributed by atoms with Gasteiger partial charge in [-0.2, -0.15) is 0 Å². The molecule has 2 rings (SSSR count). The Hall–Kier alpha value is -1.95. The molecule has 6 heteroatoms. The van der Waals surface area contributed by atoms with Gasteiger partial charge in [0.05, 0.1) is 12.7 Å². The molecule has 0 saturated heterocycles. The molecule has 1 aromatic heterocycles. The molecular weight excluding hydrogens is 315 g/mol. The third-order valence-electron chi connectivity index (χ3n) is 2.39. The molecular formula is C13H10BrFN2O2. The summed E-state index contributed by atoms with van der Waals surface area (Å²) < 4.78 is 18.4. The van der Waals surface area contributed by atoms with E-state index in [1.165, 1.54) is 25.3 Å². The van der Waals surface area contributed by atoms with E-state index in [-0.39, 0.29) is 5.91 Å². The first-order valence-corrected chi connectivity index (χ1v) is 6.16. The number of nitrogens with one attached hydrogen (secondary N) is 1. The number of hydrogen-bond acceptors (Lipinski definition) is 3. The number of ether oxygens (including phenoxy) is 1. The molecule has 0 aliphatic rings. The summed E-state index contributed by atoms with van der Waals surface area (Å²) in [4.78, 5) is 16.0. The maximum Gasteiger partial charge on any atom is 0.256 e. The first-order valence-electron chi connectivity index (χ1n) is 5.37. The van der Waals surface area contributed by atoms with Crippen molar-refractivity contribution in [2.75, 3.05) is 12.4 Å². The van der Waals surface area contributed by atoms with E-state index in [1.54, 1.807) is 18.3 Å². The standard InChI is InChI=1S/C13H10BrFN2O2/c1-19-13-11(3-2-6-16-13)17-12(18)9-5-4-8(15)7-10(9)14/h2-7H,1H3,(H,17,18). The first kappa shape index (κ1) is 13.5. The van der Waals surface area contributed by atoms with Gasteiger partial charge < -0.3 is 10.1 Å². The first-order chi connectivity index (χ1) is 9.11. The molecule has 0 aliphatic heterocycles. The summed E-state index contributed by atoms with van der Waals surface area (Å²) in [5.41, 5.74) is 0.776. The monoisotopic (exact) mass is 324 g/mol. The lowest BCUT2D eigenvalue weighted by molar-refractivity contribution is 0.102. The van der Waals surface area contributed by atoms with Crippen LogP contribution in [0.15, 0.2) is 41.0 Å². The number of pyridine rings is 1. The Labute approximate surface area is 117 Å². The van der Waals surface area contributed by atoms with E-state index in [0.29, 0.717) is 21.6 Å². The van der Waals surface area contributed by atoms with Gasteiger partial charge in [0.1, 0.15) is 11.5 Å². The van der Waals surface area contributed by atoms with Crippen LogP contribution in [0.5, 0.6) is 5.88 Å². The van der Waals surface area contributed by atoms with Crippen LogP contribution in [0.2, 0.25) is 0 Å². The van der Waals surface area contributed by atoms with Gasteiger partial charge in [-0.3, -0.25) is 4.79 Å². The topological polar surface area (TPSA) is 51.2 Å². The largest absolute Gasteiger partial charge is 0.480 e. The quantitative estimate of drug-likeness (QED) is 0.942. The van der Waals surface area contributed by atoms with Crippen molar-refractivity contribution in [3.8, 4) is 5.88 Å². The Bertz CT molecular complexity index is 619. The number of carbonyl (C=O) groups excluding carboxylic acids is 1. The van der Waals surface area contributed by atoms with E-state index in [2.05, 4.69) is 26.2 Å². The molecule has 0 bridgehead atoms. The number of rotatable bonds is 3. The molecule has 0 saturated carbocycles. The highest BCUT2D eigenvalue weighted by atomic mass is 79.9. The minimum Gasteiger partial charge on any atom is -0.480 e. The van der Waals surface area contributed by atoms with E-state index in [1.807, 2.05) is 0 Å². The normalized spacial score (nSPS) is 10.1. The van der Waals surface area contributed by atoms with Gasteiger partial charge in [0.15, 0.2) is 0 Å². The summed E-state index contributed by atoms with van der Waals surface area (Å²) in [7, 11) is 1.46. The van der Waals surface area contributed by atoms with Gasteiger partial charge in [0, 0.05) is 10.7 Å². The van der Waals surface area contributed by atoms with E-state index in [0.717, 1.165) is 0 Å². The Morgan fingerprint density at radius 1 is 1.42 bits per heavy atom.